The van der Waals surface area contributed by atoms with E-state index in [1.54, 1.807) is 60.9 Å². The Kier molecular flexibility index (Phi) is 22.0. The minimum Gasteiger partial charge on any atom is -0.759 e. The number of ether oxygens (including phenoxy) is 12. The fraction of sp³-hybridized carbons (Fsp3) is 0.546. The third kappa shape index (κ3) is 12.0. The van der Waals surface area contributed by atoms with Gasteiger partial charge in [-0.15, -0.1) is 0 Å². The monoisotopic (exact) mass is 2010 g/mol. The Hall–Kier alpha value is -10.7. The van der Waals surface area contributed by atoms with E-state index < -0.39 is 125 Å². The molecule has 9 unspecified atom stereocenters. The fourth-order valence-corrected chi connectivity index (χ4v) is 32.9. The highest BCUT2D eigenvalue weighted by atomic mass is 32.3. The minimum atomic E-state index is -5.17. The molecule has 5 saturated heterocycles. The Morgan fingerprint density at radius 3 is 1.08 bits per heavy atom. The molecule has 12 bridgehead atoms. The first-order valence-corrected chi connectivity index (χ1v) is 51.2. The van der Waals surface area contributed by atoms with Crippen molar-refractivity contribution in [2.75, 3.05) is 104 Å². The van der Waals surface area contributed by atoms with Gasteiger partial charge in [0.15, 0.2) is 140 Å². The lowest BCUT2D eigenvalue weighted by atomic mass is 9.46. The third-order valence-corrected chi connectivity index (χ3v) is 39.0. The number of hydrogen-bond donors (Lipinski definition) is 10. The summed E-state index contributed by atoms with van der Waals surface area (Å²) in [6, 6.07) is 23.2. The molecule has 0 aromatic heterocycles. The number of rotatable bonds is 6. The Morgan fingerprint density at radius 2 is 0.676 bits per heavy atom. The van der Waals surface area contributed by atoms with Gasteiger partial charge in [-0.2, -0.15) is 0 Å². The van der Waals surface area contributed by atoms with Crippen LogP contribution in [0.2, 0.25) is 0 Å². The van der Waals surface area contributed by atoms with Gasteiger partial charge in [0, 0.05) is 113 Å². The van der Waals surface area contributed by atoms with Gasteiger partial charge in [-0.05, 0) is 251 Å². The van der Waals surface area contributed by atoms with E-state index in [0.29, 0.717) is 127 Å². The standard InChI is InChI=1S/2C18H21NO5.C18H21NO4.2C18H19NO4.C17H17NO4.CH3.H2O4S/c2*1-19-6-5-17-14-9-3-4-11(23-2)15(14)24-16(17)10(20)8-13(21)18(17,22)12(19)7-9;2*1-19-8-7-17-14-10-3-4-12(22-2)15(14)23-16(17)11(20)5-6-18(17,21)13(19)9-10;1-22-13-3-2-9-8-10-11(19)4-6-17-14(9)15(13)23-16(17)12(20)5-7-18(10,17)21;1-21-11-3-2-9-8-12-17(20)5-4-10(19)15-16(17,6-7-18-12)13(9)14(11)22-15;;1-5(2,3)4/h2*3-4,12-13,16,21-22H,5-8H2,1-2H3;3-4,13,16,21H,5-9H2,1-2H3;3-6,13,16,21H,7-9H2,1-2H3;2-3,5,7,10-11,16,21H,4,6,8,19H2,1H3;2-5,12,15,18,20H,6-8H2,1H3;1H3;(H2,1,2,3,4)/q;;;;;;+1;/p-1/t2*12-,13?,16?,17+,18+;2*13-,16?,17+,18-;10-,11?,16?,17-,18+;12-,15?,16+,17-;;/m111101../s1. The quantitative estimate of drug-likeness (QED) is 0.0644. The summed E-state index contributed by atoms with van der Waals surface area (Å²) in [5.74, 6) is 7.15. The van der Waals surface area contributed by atoms with Gasteiger partial charge in [0.2, 0.25) is 0 Å². The molecule has 145 heavy (non-hydrogen) atoms. The number of aliphatic hydroxyl groups excluding tert-OH is 2. The zero-order chi connectivity index (χ0) is 101. The SMILES string of the molecule is COc1ccc2c3c1OC1C(=O)C=C[C@@]4(O)[C@@H](C2)C([NH3+])CC[C@]314.COc1ccc2c3c1OC1C(=O)C=C[C@@]4(O)[C@@H](C2)N(C)CC[C@]314.COc1ccc2c3c1OC1C(=O)C=C[C@@]4(O)[C@@H](C2)NCC[C@]314.COc1ccc2c3c1OC1C(=O)CC(O)[C@@]4(O)[C@@H](C2)N(C)CC[C@]314.COc1ccc2c3c1OC1C(=O)CC(O)[C@@]4(O)[C@@H](C2)N(C)CC[C@]314.COc1ccc2c3c1OC1C(=O)CC[C@@]4(O)[C@@H](C2)N(C)CC[C@]314.O=S(=O)([O-])[O-].[CH3+]. The largest absolute Gasteiger partial charge is 0.759 e. The minimum absolute atomic E-state index is 0. The van der Waals surface area contributed by atoms with Crippen LogP contribution in [0, 0.1) is 13.3 Å². The van der Waals surface area contributed by atoms with Crippen LogP contribution in [0.4, 0.5) is 0 Å². The molecule has 13 aliphatic carbocycles. The van der Waals surface area contributed by atoms with Crippen molar-refractivity contribution < 1.29 is 150 Å². The van der Waals surface area contributed by atoms with Gasteiger partial charge in [-0.25, -0.2) is 0 Å². The molecule has 4 saturated carbocycles. The number of aliphatic hydroxyl groups is 8. The van der Waals surface area contributed by atoms with Crippen molar-refractivity contribution in [3.8, 4) is 69.0 Å². The number of carbonyl (C=O) groups is 6. The highest BCUT2D eigenvalue weighted by Crippen LogP contribution is 2.73. The molecule has 0 radical (unpaired) electrons. The number of likely N-dealkylation sites (N-methyl/N-ethyl adjacent to an activating group) is 4. The number of methoxy groups -OCH3 is 6. The van der Waals surface area contributed by atoms with Crippen molar-refractivity contribution in [1.29, 1.82) is 0 Å². The number of hydrogen-bond acceptors (Lipinski definition) is 35. The van der Waals surface area contributed by atoms with Crippen LogP contribution in [0.1, 0.15) is 137 Å². The number of quaternary nitrogens is 1. The zero-order valence-corrected chi connectivity index (χ0v) is 83.4. The predicted molar refractivity (Wildman–Crippen MR) is 511 cm³/mol. The van der Waals surface area contributed by atoms with Crippen LogP contribution in [0.25, 0.3) is 0 Å². The van der Waals surface area contributed by atoms with Gasteiger partial charge >= 0.3 is 0 Å². The number of ketones is 6. The van der Waals surface area contributed by atoms with Gasteiger partial charge in [0.1, 0.15) is 28.0 Å². The average Bonchev–Trinajstić information content (AvgIpc) is 1.69. The van der Waals surface area contributed by atoms with Crippen molar-refractivity contribution in [2.45, 2.75) is 260 Å². The van der Waals surface area contributed by atoms with Crippen molar-refractivity contribution in [1.82, 2.24) is 24.9 Å². The summed E-state index contributed by atoms with van der Waals surface area (Å²) in [5, 5.41) is 95.0. The molecule has 12 N–H and O–H groups in total. The molecule has 36 nitrogen and oxygen atoms in total. The van der Waals surface area contributed by atoms with Crippen LogP contribution in [-0.2, 0) is 110 Å². The molecule has 30 rings (SSSR count). The highest BCUT2D eigenvalue weighted by Gasteiger charge is 2.81. The smallest absolute Gasteiger partial charge is 0.196 e. The van der Waals surface area contributed by atoms with Crippen LogP contribution in [0.5, 0.6) is 69.0 Å². The van der Waals surface area contributed by atoms with E-state index in [1.807, 2.05) is 75.7 Å². The molecular weight excluding hydrogens is 1890 g/mol. The highest BCUT2D eigenvalue weighted by molar-refractivity contribution is 7.79. The maximum Gasteiger partial charge on any atom is 0.196 e. The van der Waals surface area contributed by atoms with Crippen molar-refractivity contribution in [3.05, 3.63) is 183 Å². The van der Waals surface area contributed by atoms with Crippen LogP contribution >= 0.6 is 0 Å². The Balaban J connectivity index is 0.0000000951. The lowest BCUT2D eigenvalue weighted by Gasteiger charge is -2.63. The lowest BCUT2D eigenvalue weighted by molar-refractivity contribution is -0.452. The summed E-state index contributed by atoms with van der Waals surface area (Å²) in [5.41, 5.74) is 5.53. The molecule has 770 valence electrons. The molecule has 6 aromatic carbocycles. The van der Waals surface area contributed by atoms with Gasteiger partial charge in [-0.3, -0.25) is 42.1 Å². The Bertz CT molecular complexity index is 6530. The van der Waals surface area contributed by atoms with Crippen molar-refractivity contribution >= 4 is 45.1 Å². The number of carbonyl (C=O) groups excluding carboxylic acids is 6. The molecule has 24 aliphatic rings. The zero-order valence-electron chi connectivity index (χ0n) is 82.6. The number of piperidine rings is 5. The number of benzene rings is 6. The Labute approximate surface area is 837 Å². The topological polar surface area (TPSA) is 508 Å². The van der Waals surface area contributed by atoms with E-state index in [-0.39, 0.29) is 97.1 Å². The number of Topliss-reactive ketones (excluding diaryl/α,β-unsaturated/α-hetero) is 3. The van der Waals surface area contributed by atoms with Crippen LogP contribution in [0.3, 0.4) is 0 Å². The van der Waals surface area contributed by atoms with Crippen molar-refractivity contribution in [2.24, 2.45) is 5.92 Å². The summed E-state index contributed by atoms with van der Waals surface area (Å²) in [6.45, 7) is 3.98. The van der Waals surface area contributed by atoms with E-state index in [1.165, 1.54) is 23.8 Å². The number of likely N-dealkylation sites (tertiary alicyclic amines) is 4. The van der Waals surface area contributed by atoms with Gasteiger partial charge < -0.3 is 133 Å². The van der Waals surface area contributed by atoms with E-state index in [2.05, 4.69) is 55.9 Å². The normalized spacial score (nSPS) is 40.0. The lowest BCUT2D eigenvalue weighted by Crippen LogP contribution is -2.80. The van der Waals surface area contributed by atoms with E-state index in [0.717, 1.165) is 132 Å². The van der Waals surface area contributed by atoms with Crippen LogP contribution in [0.15, 0.2) is 109 Å². The summed E-state index contributed by atoms with van der Waals surface area (Å²) in [6.07, 6.45) is 13.3. The summed E-state index contributed by atoms with van der Waals surface area (Å²) >= 11 is 0. The Morgan fingerprint density at radius 1 is 0.372 bits per heavy atom. The maximum absolute atomic E-state index is 12.7. The van der Waals surface area contributed by atoms with Crippen molar-refractivity contribution in [3.63, 3.8) is 0 Å². The average molecular weight is 2020 g/mol. The molecule has 6 aromatic rings. The maximum atomic E-state index is 12.7. The summed E-state index contributed by atoms with van der Waals surface area (Å²) < 4.78 is 103. The molecule has 6 spiro atoms. The van der Waals surface area contributed by atoms with Crippen LogP contribution in [-0.4, -0.2) is 335 Å². The van der Waals surface area contributed by atoms with Gasteiger partial charge in [-0.1, -0.05) is 36.4 Å². The van der Waals surface area contributed by atoms with Gasteiger partial charge in [0.25, 0.3) is 0 Å². The fourth-order valence-electron chi connectivity index (χ4n) is 32.9. The molecule has 9 fully saturated rings. The summed E-state index contributed by atoms with van der Waals surface area (Å²) in [7, 11) is 12.5. The summed E-state index contributed by atoms with van der Waals surface area (Å²) in [4.78, 5) is 84.3. The third-order valence-electron chi connectivity index (χ3n) is 39.0. The molecule has 11 heterocycles. The molecular formula is C108H122N6O30S. The second-order valence-corrected chi connectivity index (χ2v) is 44.8. The number of nitrogens with one attached hydrogen (secondary N) is 1. The number of nitrogens with zero attached hydrogens (tertiary/aromatic N) is 4. The first-order chi connectivity index (χ1) is 68.6. The van der Waals surface area contributed by atoms with E-state index in [9.17, 15) is 69.6 Å². The first kappa shape index (κ1) is 97.7. The van der Waals surface area contributed by atoms with Crippen LogP contribution < -0.4 is 67.9 Å². The molecule has 27 atom stereocenters. The van der Waals surface area contributed by atoms with E-state index in [4.69, 9.17) is 74.4 Å². The van der Waals surface area contributed by atoms with Gasteiger partial charge in [0.05, 0.1) is 99.0 Å². The first-order valence-electron chi connectivity index (χ1n) is 49.8. The molecule has 37 heteroatoms. The molecule has 0 amide bonds. The molecule has 11 aliphatic heterocycles. The van der Waals surface area contributed by atoms with E-state index >= 15 is 0 Å². The second-order valence-electron chi connectivity index (χ2n) is 44.0. The second kappa shape index (κ2) is 32.7. The predicted octanol–water partition coefficient (Wildman–Crippen LogP) is 1.65.